The van der Waals surface area contributed by atoms with Crippen LogP contribution in [0.25, 0.3) is 12.2 Å². The van der Waals surface area contributed by atoms with E-state index in [1.807, 2.05) is 0 Å². The van der Waals surface area contributed by atoms with Crippen molar-refractivity contribution in [2.75, 3.05) is 0 Å². The van der Waals surface area contributed by atoms with E-state index in [-0.39, 0.29) is 11.9 Å². The minimum absolute atomic E-state index is 0.374. The molecule has 0 radical (unpaired) electrons. The zero-order valence-corrected chi connectivity index (χ0v) is 8.62. The van der Waals surface area contributed by atoms with Crippen molar-refractivity contribution in [1.82, 2.24) is 5.32 Å². The van der Waals surface area contributed by atoms with E-state index in [4.69, 9.17) is 0 Å². The molecule has 1 aliphatic heterocycles. The number of quaternary nitrogens is 1. The van der Waals surface area contributed by atoms with Crippen LogP contribution in [0.2, 0.25) is 0 Å². The van der Waals surface area contributed by atoms with Crippen LogP contribution in [0.4, 0.5) is 10.5 Å². The first kappa shape index (κ1) is 10.3. The molecule has 80 valence electrons. The molecule has 0 unspecified atom stereocenters. The normalized spacial score (nSPS) is 14.0. The van der Waals surface area contributed by atoms with E-state index in [1.165, 1.54) is 5.32 Å². The van der Waals surface area contributed by atoms with Crippen molar-refractivity contribution in [2.45, 2.75) is 0 Å². The highest BCUT2D eigenvalue weighted by molar-refractivity contribution is 6.08. The summed E-state index contributed by atoms with van der Waals surface area (Å²) >= 11 is 0. The summed E-state index contributed by atoms with van der Waals surface area (Å²) < 4.78 is 0. The van der Waals surface area contributed by atoms with Crippen LogP contribution in [0.15, 0.2) is 25.3 Å². The second kappa shape index (κ2) is 3.75. The lowest BCUT2D eigenvalue weighted by Gasteiger charge is -2.13. The van der Waals surface area contributed by atoms with E-state index in [9.17, 15) is 9.59 Å². The summed E-state index contributed by atoms with van der Waals surface area (Å²) in [6.07, 6.45) is 3.32. The second-order valence-electron chi connectivity index (χ2n) is 3.44. The lowest BCUT2D eigenvalue weighted by atomic mass is 10.0. The summed E-state index contributed by atoms with van der Waals surface area (Å²) in [5.74, 6) is -0.374. The summed E-state index contributed by atoms with van der Waals surface area (Å²) in [5.41, 5.74) is 2.79. The zero-order valence-electron chi connectivity index (χ0n) is 8.62. The Bertz CT molecular complexity index is 518. The number of nitrogens with one attached hydrogen (secondary N) is 1. The zero-order chi connectivity index (χ0) is 11.7. The smallest absolute Gasteiger partial charge is 0.268 e. The number of hydrogen-bond acceptors (Lipinski definition) is 2. The van der Waals surface area contributed by atoms with E-state index in [0.717, 1.165) is 11.1 Å². The number of carbonyl (C=O) groups is 2. The van der Waals surface area contributed by atoms with Gasteiger partial charge in [0.15, 0.2) is 5.69 Å². The third kappa shape index (κ3) is 1.55. The molecule has 0 atom stereocenters. The number of benzene rings is 1. The average Bonchev–Trinajstić information content (AvgIpc) is 2.27. The second-order valence-corrected chi connectivity index (χ2v) is 3.44. The van der Waals surface area contributed by atoms with Crippen molar-refractivity contribution in [2.24, 2.45) is 0 Å². The average molecular weight is 215 g/mol. The molecule has 3 N–H and O–H groups in total. The molecule has 16 heavy (non-hydrogen) atoms. The van der Waals surface area contributed by atoms with Crippen molar-refractivity contribution in [3.8, 4) is 0 Å². The molecule has 1 aromatic carbocycles. The largest absolute Gasteiger partial charge is 0.425 e. The highest BCUT2D eigenvalue weighted by atomic mass is 16.2. The molecule has 0 spiro atoms. The number of nitrogens with two attached hydrogens (primary N) is 1. The van der Waals surface area contributed by atoms with Gasteiger partial charge in [-0.15, -0.1) is 0 Å². The Morgan fingerprint density at radius 3 is 2.38 bits per heavy atom. The summed E-state index contributed by atoms with van der Waals surface area (Å²) in [5, 5.41) is 3.63. The Labute approximate surface area is 92.7 Å². The molecule has 0 bridgehead atoms. The van der Waals surface area contributed by atoms with E-state index < -0.39 is 0 Å². The minimum atomic E-state index is -0.390. The van der Waals surface area contributed by atoms with Gasteiger partial charge in [-0.2, -0.15) is 0 Å². The molecule has 2 rings (SSSR count). The summed E-state index contributed by atoms with van der Waals surface area (Å²) in [6, 6.07) is 3.08. The number of carbonyl (C=O) groups excluding carboxylic acids is 2. The fraction of sp³-hybridized carbons (Fsp3) is 0. The van der Waals surface area contributed by atoms with Crippen LogP contribution in [0.3, 0.4) is 0 Å². The van der Waals surface area contributed by atoms with Crippen LogP contribution in [0, 0.1) is 0 Å². The quantitative estimate of drug-likeness (QED) is 0.724. The van der Waals surface area contributed by atoms with Gasteiger partial charge >= 0.3 is 6.03 Å². The highest BCUT2D eigenvalue weighted by Crippen LogP contribution is 2.21. The lowest BCUT2D eigenvalue weighted by Crippen LogP contribution is -2.88. The topological polar surface area (TPSA) is 62.8 Å². The molecule has 4 nitrogen and oxygen atoms in total. The van der Waals surface area contributed by atoms with Gasteiger partial charge in [-0.25, -0.2) is 15.4 Å². The minimum Gasteiger partial charge on any atom is -0.268 e. The van der Waals surface area contributed by atoms with Crippen LogP contribution in [0.1, 0.15) is 21.5 Å². The maximum atomic E-state index is 11.6. The summed E-state index contributed by atoms with van der Waals surface area (Å²) in [4.78, 5) is 22.7. The van der Waals surface area contributed by atoms with Crippen LogP contribution < -0.4 is 10.6 Å². The lowest BCUT2D eigenvalue weighted by molar-refractivity contribution is -0.465. The fourth-order valence-electron chi connectivity index (χ4n) is 1.68. The SMILES string of the molecule is C=Cc1cc2c(cc1C=C)C(=O)NC(=O)[NH2+]2. The molecule has 1 aliphatic rings. The maximum absolute atomic E-state index is 11.6. The van der Waals surface area contributed by atoms with Crippen molar-refractivity contribution in [1.29, 1.82) is 0 Å². The Morgan fingerprint density at radius 1 is 1.12 bits per heavy atom. The first-order chi connectivity index (χ1) is 7.65. The Hall–Kier alpha value is -2.20. The van der Waals surface area contributed by atoms with Gasteiger partial charge in [0.25, 0.3) is 5.91 Å². The van der Waals surface area contributed by atoms with Gasteiger partial charge in [-0.05, 0) is 17.2 Å². The summed E-state index contributed by atoms with van der Waals surface area (Å²) in [6.45, 7) is 7.35. The number of rotatable bonds is 2. The van der Waals surface area contributed by atoms with Crippen LogP contribution in [0.5, 0.6) is 0 Å². The Morgan fingerprint density at radius 2 is 1.75 bits per heavy atom. The van der Waals surface area contributed by atoms with Gasteiger partial charge in [-0.3, -0.25) is 4.79 Å². The third-order valence-corrected chi connectivity index (χ3v) is 2.46. The van der Waals surface area contributed by atoms with E-state index >= 15 is 0 Å². The molecular formula is C12H11N2O2+. The van der Waals surface area contributed by atoms with Gasteiger partial charge in [0.2, 0.25) is 0 Å². The molecule has 3 amide bonds. The maximum Gasteiger partial charge on any atom is 0.425 e. The van der Waals surface area contributed by atoms with Crippen LogP contribution in [-0.2, 0) is 0 Å². The first-order valence-electron chi connectivity index (χ1n) is 4.78. The number of hydrogen-bond donors (Lipinski definition) is 2. The van der Waals surface area contributed by atoms with Crippen LogP contribution in [-0.4, -0.2) is 11.9 Å². The molecule has 1 aromatic rings. The number of primary amides is 1. The number of amides is 3. The monoisotopic (exact) mass is 215 g/mol. The fourth-order valence-corrected chi connectivity index (χ4v) is 1.68. The van der Waals surface area contributed by atoms with Crippen molar-refractivity contribution >= 4 is 29.8 Å². The Balaban J connectivity index is 2.64. The Kier molecular flexibility index (Phi) is 2.42. The number of imide groups is 1. The predicted octanol–water partition coefficient (Wildman–Crippen LogP) is 1.03. The van der Waals surface area contributed by atoms with Gasteiger partial charge in [0.1, 0.15) is 5.56 Å². The standard InChI is InChI=1S/C12H10N2O2/c1-3-7-5-9-10(6-8(7)4-2)13-12(16)14-11(9)15/h3-6H,1-2H2,(H2,13,14,15,16)/p+1. The predicted molar refractivity (Wildman–Crippen MR) is 61.1 cm³/mol. The van der Waals surface area contributed by atoms with Gasteiger partial charge < -0.3 is 0 Å². The van der Waals surface area contributed by atoms with Gasteiger partial charge in [0, 0.05) is 6.07 Å². The molecule has 0 saturated carbocycles. The molecule has 0 aromatic heterocycles. The number of urea groups is 1. The van der Waals surface area contributed by atoms with Crippen LogP contribution >= 0.6 is 0 Å². The molecule has 0 aliphatic carbocycles. The molecular weight excluding hydrogens is 204 g/mol. The van der Waals surface area contributed by atoms with Crippen molar-refractivity contribution in [3.63, 3.8) is 0 Å². The van der Waals surface area contributed by atoms with Gasteiger partial charge in [0.05, 0.1) is 0 Å². The molecule has 0 saturated heterocycles. The van der Waals surface area contributed by atoms with Gasteiger partial charge in [-0.1, -0.05) is 25.3 Å². The third-order valence-electron chi connectivity index (χ3n) is 2.46. The van der Waals surface area contributed by atoms with E-state index in [0.29, 0.717) is 11.3 Å². The first-order valence-corrected chi connectivity index (χ1v) is 4.78. The van der Waals surface area contributed by atoms with E-state index in [2.05, 4.69) is 18.5 Å². The van der Waals surface area contributed by atoms with Crippen molar-refractivity contribution in [3.05, 3.63) is 42.0 Å². The van der Waals surface area contributed by atoms with E-state index in [1.54, 1.807) is 24.3 Å². The molecule has 1 heterocycles. The molecule has 4 heteroatoms. The van der Waals surface area contributed by atoms with Crippen molar-refractivity contribution < 1.29 is 14.9 Å². The number of fused-ring (bicyclic) bond motifs is 1. The highest BCUT2D eigenvalue weighted by Gasteiger charge is 2.27. The summed E-state index contributed by atoms with van der Waals surface area (Å²) in [7, 11) is 0. The molecule has 0 fully saturated rings.